The molecule has 0 aliphatic rings. The summed E-state index contributed by atoms with van der Waals surface area (Å²) in [6, 6.07) is 4.43. The maximum atomic E-state index is 5.94. The fraction of sp³-hybridized carbons (Fsp3) is 0.714. The molecule has 2 atom stereocenters. The predicted molar refractivity (Wildman–Crippen MR) is 82.3 cm³/mol. The number of nitrogens with zero attached hydrogens (tertiary/aromatic N) is 1. The maximum absolute atomic E-state index is 5.94. The van der Waals surface area contributed by atoms with Crippen molar-refractivity contribution >= 4 is 22.9 Å². The van der Waals surface area contributed by atoms with Crippen LogP contribution in [0.2, 0.25) is 4.34 Å². The zero-order chi connectivity index (χ0) is 13.5. The lowest BCUT2D eigenvalue weighted by Crippen LogP contribution is -2.24. The number of hydrogen-bond donors (Lipinski definition) is 1. The summed E-state index contributed by atoms with van der Waals surface area (Å²) in [7, 11) is 2.18. The predicted octanol–water partition coefficient (Wildman–Crippen LogP) is 3.99. The highest BCUT2D eigenvalue weighted by molar-refractivity contribution is 7.16. The van der Waals surface area contributed by atoms with Crippen molar-refractivity contribution in [3.63, 3.8) is 0 Å². The Labute approximate surface area is 120 Å². The van der Waals surface area contributed by atoms with Crippen molar-refractivity contribution in [1.29, 1.82) is 0 Å². The molecule has 0 amide bonds. The molecule has 1 aromatic heterocycles. The van der Waals surface area contributed by atoms with Gasteiger partial charge in [0, 0.05) is 24.0 Å². The molecule has 0 bridgehead atoms. The molecule has 0 fully saturated rings. The molecule has 18 heavy (non-hydrogen) atoms. The second-order valence-corrected chi connectivity index (χ2v) is 7.22. The van der Waals surface area contributed by atoms with Crippen molar-refractivity contribution in [1.82, 2.24) is 4.90 Å². The van der Waals surface area contributed by atoms with Gasteiger partial charge in [0.15, 0.2) is 0 Å². The first-order chi connectivity index (χ1) is 8.47. The molecule has 0 aliphatic heterocycles. The van der Waals surface area contributed by atoms with Crippen LogP contribution in [0.5, 0.6) is 0 Å². The smallest absolute Gasteiger partial charge is 0.0931 e. The van der Waals surface area contributed by atoms with Crippen LogP contribution < -0.4 is 5.73 Å². The van der Waals surface area contributed by atoms with E-state index in [0.29, 0.717) is 6.04 Å². The fourth-order valence-corrected chi connectivity index (χ4v) is 3.35. The lowest BCUT2D eigenvalue weighted by atomic mass is 10.0. The van der Waals surface area contributed by atoms with Gasteiger partial charge in [-0.05, 0) is 44.9 Å². The molecule has 0 spiro atoms. The highest BCUT2D eigenvalue weighted by Crippen LogP contribution is 2.22. The van der Waals surface area contributed by atoms with E-state index in [2.05, 4.69) is 31.9 Å². The third-order valence-electron chi connectivity index (χ3n) is 3.03. The fourth-order valence-electron chi connectivity index (χ4n) is 2.18. The van der Waals surface area contributed by atoms with Crippen molar-refractivity contribution in [2.75, 3.05) is 13.6 Å². The van der Waals surface area contributed by atoms with Crippen molar-refractivity contribution in [3.05, 3.63) is 21.3 Å². The molecule has 2 nitrogen and oxygen atoms in total. The third kappa shape index (κ3) is 6.74. The first-order valence-corrected chi connectivity index (χ1v) is 7.85. The van der Waals surface area contributed by atoms with E-state index in [0.717, 1.165) is 29.8 Å². The number of nitrogens with two attached hydrogens (primary N) is 1. The van der Waals surface area contributed by atoms with Crippen LogP contribution >= 0.6 is 22.9 Å². The molecular weight excluding hydrogens is 264 g/mol. The summed E-state index contributed by atoms with van der Waals surface area (Å²) in [5.41, 5.74) is 5.76. The average Bonchev–Trinajstić information content (AvgIpc) is 2.62. The van der Waals surface area contributed by atoms with Gasteiger partial charge in [-0.3, -0.25) is 0 Å². The van der Waals surface area contributed by atoms with Crippen molar-refractivity contribution < 1.29 is 0 Å². The van der Waals surface area contributed by atoms with E-state index in [1.54, 1.807) is 11.3 Å². The van der Waals surface area contributed by atoms with E-state index < -0.39 is 0 Å². The number of rotatable bonds is 8. The highest BCUT2D eigenvalue weighted by atomic mass is 35.5. The minimum absolute atomic E-state index is 0.336. The van der Waals surface area contributed by atoms with Gasteiger partial charge in [0.1, 0.15) is 0 Å². The van der Waals surface area contributed by atoms with E-state index in [-0.39, 0.29) is 0 Å². The molecular formula is C14H25ClN2S. The van der Waals surface area contributed by atoms with Crippen LogP contribution in [0.4, 0.5) is 0 Å². The van der Waals surface area contributed by atoms with E-state index in [4.69, 9.17) is 17.3 Å². The summed E-state index contributed by atoms with van der Waals surface area (Å²) in [6.07, 6.45) is 3.63. The van der Waals surface area contributed by atoms with Crippen molar-refractivity contribution in [3.8, 4) is 0 Å². The second kappa shape index (κ2) is 8.16. The Morgan fingerprint density at radius 2 is 2.06 bits per heavy atom. The molecule has 0 aromatic carbocycles. The van der Waals surface area contributed by atoms with Gasteiger partial charge in [0.2, 0.25) is 0 Å². The SMILES string of the molecule is CC(N)CCCC(C)CN(C)Cc1ccc(Cl)s1. The summed E-state index contributed by atoms with van der Waals surface area (Å²) >= 11 is 7.61. The summed E-state index contributed by atoms with van der Waals surface area (Å²) < 4.78 is 0.878. The summed E-state index contributed by atoms with van der Waals surface area (Å²) in [6.45, 7) is 6.53. The van der Waals surface area contributed by atoms with Crippen LogP contribution in [0.25, 0.3) is 0 Å². The topological polar surface area (TPSA) is 29.3 Å². The second-order valence-electron chi connectivity index (χ2n) is 5.42. The van der Waals surface area contributed by atoms with Crippen LogP contribution in [-0.2, 0) is 6.54 Å². The highest BCUT2D eigenvalue weighted by Gasteiger charge is 2.08. The lowest BCUT2D eigenvalue weighted by Gasteiger charge is -2.21. The van der Waals surface area contributed by atoms with Gasteiger partial charge in [-0.2, -0.15) is 0 Å². The van der Waals surface area contributed by atoms with E-state index in [1.807, 2.05) is 6.07 Å². The minimum Gasteiger partial charge on any atom is -0.328 e. The molecule has 1 heterocycles. The van der Waals surface area contributed by atoms with Gasteiger partial charge in [-0.15, -0.1) is 11.3 Å². The van der Waals surface area contributed by atoms with Crippen LogP contribution in [0.3, 0.4) is 0 Å². The van der Waals surface area contributed by atoms with Gasteiger partial charge in [-0.25, -0.2) is 0 Å². The summed E-state index contributed by atoms with van der Waals surface area (Å²) in [5.74, 6) is 0.726. The Morgan fingerprint density at radius 1 is 1.33 bits per heavy atom. The quantitative estimate of drug-likeness (QED) is 0.784. The summed E-state index contributed by atoms with van der Waals surface area (Å²) in [5, 5.41) is 0. The van der Waals surface area contributed by atoms with Gasteiger partial charge >= 0.3 is 0 Å². The Morgan fingerprint density at radius 3 is 2.61 bits per heavy atom. The monoisotopic (exact) mass is 288 g/mol. The number of thiophene rings is 1. The van der Waals surface area contributed by atoms with E-state index in [1.165, 1.54) is 17.7 Å². The van der Waals surface area contributed by atoms with Crippen LogP contribution in [0.1, 0.15) is 38.0 Å². The molecule has 0 saturated carbocycles. The molecule has 2 N–H and O–H groups in total. The largest absolute Gasteiger partial charge is 0.328 e. The molecule has 0 radical (unpaired) electrons. The van der Waals surface area contributed by atoms with E-state index >= 15 is 0 Å². The Kier molecular flexibility index (Phi) is 7.23. The lowest BCUT2D eigenvalue weighted by molar-refractivity contribution is 0.269. The molecule has 0 aliphatic carbocycles. The van der Waals surface area contributed by atoms with Gasteiger partial charge in [0.25, 0.3) is 0 Å². The van der Waals surface area contributed by atoms with Crippen LogP contribution in [-0.4, -0.2) is 24.5 Å². The van der Waals surface area contributed by atoms with Crippen molar-refractivity contribution in [2.24, 2.45) is 11.7 Å². The van der Waals surface area contributed by atoms with Crippen LogP contribution in [0.15, 0.2) is 12.1 Å². The molecule has 4 heteroatoms. The third-order valence-corrected chi connectivity index (χ3v) is 4.25. The van der Waals surface area contributed by atoms with Gasteiger partial charge in [0.05, 0.1) is 4.34 Å². The molecule has 104 valence electrons. The van der Waals surface area contributed by atoms with Gasteiger partial charge in [-0.1, -0.05) is 24.9 Å². The minimum atomic E-state index is 0.336. The molecule has 0 saturated heterocycles. The van der Waals surface area contributed by atoms with Crippen molar-refractivity contribution in [2.45, 2.75) is 45.7 Å². The molecule has 2 unspecified atom stereocenters. The average molecular weight is 289 g/mol. The normalized spacial score (nSPS) is 15.0. The first-order valence-electron chi connectivity index (χ1n) is 6.65. The zero-order valence-electron chi connectivity index (χ0n) is 11.7. The van der Waals surface area contributed by atoms with E-state index in [9.17, 15) is 0 Å². The van der Waals surface area contributed by atoms with Gasteiger partial charge < -0.3 is 10.6 Å². The Hall–Kier alpha value is -0.0900. The Balaban J connectivity index is 2.20. The Bertz CT molecular complexity index is 338. The maximum Gasteiger partial charge on any atom is 0.0931 e. The standard InChI is InChI=1S/C14H25ClN2S/c1-11(5-4-6-12(2)16)9-17(3)10-13-7-8-14(15)18-13/h7-8,11-12H,4-6,9-10,16H2,1-3H3. The first kappa shape index (κ1) is 16.0. The summed E-state index contributed by atoms with van der Waals surface area (Å²) in [4.78, 5) is 3.71. The molecule has 1 aromatic rings. The number of hydrogen-bond acceptors (Lipinski definition) is 3. The zero-order valence-corrected chi connectivity index (χ0v) is 13.2. The molecule has 1 rings (SSSR count). The van der Waals surface area contributed by atoms with Crippen LogP contribution in [0, 0.1) is 5.92 Å². The number of halogens is 1.